The third-order valence-corrected chi connectivity index (χ3v) is 4.34. The zero-order valence-electron chi connectivity index (χ0n) is 13.4. The number of hydrogen-bond donors (Lipinski definition) is 1. The van der Waals surface area contributed by atoms with Crippen LogP contribution in [0.3, 0.4) is 0 Å². The van der Waals surface area contributed by atoms with Crippen molar-refractivity contribution >= 4 is 23.4 Å². The Morgan fingerprint density at radius 1 is 1.12 bits per heavy atom. The molecule has 0 saturated carbocycles. The number of thioether (sulfide) groups is 1. The van der Waals surface area contributed by atoms with E-state index in [-0.39, 0.29) is 5.91 Å². The second kappa shape index (κ2) is 7.97. The number of fused-ring (bicyclic) bond motifs is 1. The molecule has 1 aliphatic heterocycles. The van der Waals surface area contributed by atoms with E-state index in [2.05, 4.69) is 5.32 Å². The minimum Gasteiger partial charge on any atom is -0.494 e. The van der Waals surface area contributed by atoms with Crippen molar-refractivity contribution in [3.05, 3.63) is 42.5 Å². The molecule has 0 spiro atoms. The normalized spacial score (nSPS) is 12.5. The van der Waals surface area contributed by atoms with Crippen molar-refractivity contribution in [2.75, 3.05) is 30.9 Å². The van der Waals surface area contributed by atoms with Gasteiger partial charge in [0, 0.05) is 16.6 Å². The number of hydrogen-bond acceptors (Lipinski definition) is 5. The van der Waals surface area contributed by atoms with Crippen LogP contribution in [0, 0.1) is 0 Å². The summed E-state index contributed by atoms with van der Waals surface area (Å²) < 4.78 is 16.4. The van der Waals surface area contributed by atoms with Crippen molar-refractivity contribution in [1.82, 2.24) is 0 Å². The molecule has 1 N–H and O–H groups in total. The fraction of sp³-hybridized carbons (Fsp3) is 0.278. The van der Waals surface area contributed by atoms with Gasteiger partial charge in [-0.05, 0) is 43.3 Å². The minimum absolute atomic E-state index is 0.0643. The Labute approximate surface area is 145 Å². The number of benzene rings is 2. The summed E-state index contributed by atoms with van der Waals surface area (Å²) in [5, 5.41) is 2.87. The van der Waals surface area contributed by atoms with Crippen LogP contribution in [0.2, 0.25) is 0 Å². The van der Waals surface area contributed by atoms with Crippen molar-refractivity contribution < 1.29 is 19.0 Å². The van der Waals surface area contributed by atoms with Gasteiger partial charge in [0.1, 0.15) is 19.0 Å². The van der Waals surface area contributed by atoms with Crippen LogP contribution < -0.4 is 19.5 Å². The average molecular weight is 345 g/mol. The van der Waals surface area contributed by atoms with Gasteiger partial charge in [-0.25, -0.2) is 0 Å². The van der Waals surface area contributed by atoms with E-state index in [4.69, 9.17) is 14.2 Å². The third kappa shape index (κ3) is 4.35. The van der Waals surface area contributed by atoms with E-state index in [1.807, 2.05) is 43.3 Å². The number of ether oxygens (including phenoxy) is 3. The molecule has 126 valence electrons. The van der Waals surface area contributed by atoms with Gasteiger partial charge < -0.3 is 19.5 Å². The number of nitrogens with one attached hydrogen (secondary N) is 1. The van der Waals surface area contributed by atoms with Crippen molar-refractivity contribution in [2.24, 2.45) is 0 Å². The maximum Gasteiger partial charge on any atom is 0.234 e. The molecule has 0 saturated heterocycles. The summed E-state index contributed by atoms with van der Waals surface area (Å²) in [5.74, 6) is 2.48. The second-order valence-corrected chi connectivity index (χ2v) is 6.15. The Hall–Kier alpha value is -2.34. The molecular formula is C18H19NO4S. The van der Waals surface area contributed by atoms with Crippen molar-refractivity contribution in [2.45, 2.75) is 11.8 Å². The first-order valence-electron chi connectivity index (χ1n) is 7.80. The molecule has 0 aliphatic carbocycles. The summed E-state index contributed by atoms with van der Waals surface area (Å²) in [6, 6.07) is 13.1. The van der Waals surface area contributed by atoms with Crippen LogP contribution in [0.25, 0.3) is 0 Å². The number of amides is 1. The fourth-order valence-electron chi connectivity index (χ4n) is 2.27. The molecule has 2 aromatic carbocycles. The quantitative estimate of drug-likeness (QED) is 0.811. The van der Waals surface area contributed by atoms with Crippen molar-refractivity contribution in [3.63, 3.8) is 0 Å². The SMILES string of the molecule is CCOc1ccc(SCC(=O)Nc2ccc3c(c2)OCCO3)cc1. The molecule has 5 nitrogen and oxygen atoms in total. The molecule has 0 aromatic heterocycles. The predicted octanol–water partition coefficient (Wildman–Crippen LogP) is 3.59. The lowest BCUT2D eigenvalue weighted by molar-refractivity contribution is -0.113. The average Bonchev–Trinajstić information content (AvgIpc) is 2.61. The lowest BCUT2D eigenvalue weighted by Gasteiger charge is -2.19. The van der Waals surface area contributed by atoms with Gasteiger partial charge in [0.2, 0.25) is 5.91 Å². The molecule has 3 rings (SSSR count). The molecule has 0 fully saturated rings. The van der Waals surface area contributed by atoms with Gasteiger partial charge >= 0.3 is 0 Å². The van der Waals surface area contributed by atoms with Crippen LogP contribution in [0.1, 0.15) is 6.92 Å². The zero-order valence-corrected chi connectivity index (χ0v) is 14.2. The molecule has 1 heterocycles. The summed E-state index contributed by atoms with van der Waals surface area (Å²) in [7, 11) is 0. The van der Waals surface area contributed by atoms with E-state index < -0.39 is 0 Å². The molecule has 0 bridgehead atoms. The monoisotopic (exact) mass is 345 g/mol. The Kier molecular flexibility index (Phi) is 5.48. The van der Waals surface area contributed by atoms with E-state index in [9.17, 15) is 4.79 Å². The van der Waals surface area contributed by atoms with E-state index >= 15 is 0 Å². The largest absolute Gasteiger partial charge is 0.494 e. The Morgan fingerprint density at radius 2 is 1.88 bits per heavy atom. The Morgan fingerprint density at radius 3 is 2.62 bits per heavy atom. The Balaban J connectivity index is 1.52. The highest BCUT2D eigenvalue weighted by Gasteiger charge is 2.12. The van der Waals surface area contributed by atoms with Gasteiger partial charge in [-0.3, -0.25) is 4.79 Å². The molecular weight excluding hydrogens is 326 g/mol. The fourth-order valence-corrected chi connectivity index (χ4v) is 2.96. The molecule has 6 heteroatoms. The predicted molar refractivity (Wildman–Crippen MR) is 94.4 cm³/mol. The molecule has 1 aliphatic rings. The molecule has 1 amide bonds. The number of anilines is 1. The maximum atomic E-state index is 12.1. The highest BCUT2D eigenvalue weighted by Crippen LogP contribution is 2.32. The standard InChI is InChI=1S/C18H19NO4S/c1-2-21-14-4-6-15(7-5-14)24-12-18(20)19-13-3-8-16-17(11-13)23-10-9-22-16/h3-8,11H,2,9-10,12H2,1H3,(H,19,20). The molecule has 0 atom stereocenters. The van der Waals surface area contributed by atoms with Crippen LogP contribution in [-0.4, -0.2) is 31.5 Å². The maximum absolute atomic E-state index is 12.1. The summed E-state index contributed by atoms with van der Waals surface area (Å²) in [6.45, 7) is 3.67. The minimum atomic E-state index is -0.0643. The highest BCUT2D eigenvalue weighted by molar-refractivity contribution is 8.00. The number of rotatable bonds is 6. The molecule has 2 aromatic rings. The van der Waals surface area contributed by atoms with Gasteiger partial charge in [0.25, 0.3) is 0 Å². The summed E-state index contributed by atoms with van der Waals surface area (Å²) in [5.41, 5.74) is 0.705. The first-order valence-corrected chi connectivity index (χ1v) is 8.78. The van der Waals surface area contributed by atoms with E-state index in [0.717, 1.165) is 10.6 Å². The smallest absolute Gasteiger partial charge is 0.234 e. The van der Waals surface area contributed by atoms with E-state index in [1.165, 1.54) is 11.8 Å². The second-order valence-electron chi connectivity index (χ2n) is 5.10. The van der Waals surface area contributed by atoms with E-state index in [1.54, 1.807) is 6.07 Å². The molecule has 0 unspecified atom stereocenters. The van der Waals surface area contributed by atoms with Gasteiger partial charge in [-0.15, -0.1) is 11.8 Å². The molecule has 24 heavy (non-hydrogen) atoms. The van der Waals surface area contributed by atoms with Gasteiger partial charge in [-0.1, -0.05) is 0 Å². The first kappa shape index (κ1) is 16.5. The first-order chi connectivity index (χ1) is 11.7. The van der Waals surface area contributed by atoms with Crippen molar-refractivity contribution in [1.29, 1.82) is 0 Å². The van der Waals surface area contributed by atoms with Crippen LogP contribution in [0.5, 0.6) is 17.2 Å². The third-order valence-electron chi connectivity index (χ3n) is 3.33. The van der Waals surface area contributed by atoms with Crippen LogP contribution in [0.4, 0.5) is 5.69 Å². The van der Waals surface area contributed by atoms with Gasteiger partial charge in [0.05, 0.1) is 12.4 Å². The van der Waals surface area contributed by atoms with Gasteiger partial charge in [-0.2, -0.15) is 0 Å². The number of carbonyl (C=O) groups is 1. The lowest BCUT2D eigenvalue weighted by atomic mass is 10.2. The van der Waals surface area contributed by atoms with Crippen LogP contribution in [0.15, 0.2) is 47.4 Å². The van der Waals surface area contributed by atoms with E-state index in [0.29, 0.717) is 42.8 Å². The zero-order chi connectivity index (χ0) is 16.8. The summed E-state index contributed by atoms with van der Waals surface area (Å²) >= 11 is 1.48. The number of carbonyl (C=O) groups excluding carboxylic acids is 1. The molecule has 0 radical (unpaired) electrons. The lowest BCUT2D eigenvalue weighted by Crippen LogP contribution is -2.17. The summed E-state index contributed by atoms with van der Waals surface area (Å²) in [4.78, 5) is 13.1. The van der Waals surface area contributed by atoms with Crippen LogP contribution in [-0.2, 0) is 4.79 Å². The Bertz CT molecular complexity index is 703. The van der Waals surface area contributed by atoms with Crippen molar-refractivity contribution in [3.8, 4) is 17.2 Å². The summed E-state index contributed by atoms with van der Waals surface area (Å²) in [6.07, 6.45) is 0. The topological polar surface area (TPSA) is 56.8 Å². The van der Waals surface area contributed by atoms with Gasteiger partial charge in [0.15, 0.2) is 11.5 Å². The highest BCUT2D eigenvalue weighted by atomic mass is 32.2. The van der Waals surface area contributed by atoms with Crippen LogP contribution >= 0.6 is 11.8 Å².